The molecule has 1 heterocycles. The number of fused-ring (bicyclic) bond motifs is 1. The van der Waals surface area contributed by atoms with Crippen LogP contribution in [0.15, 0.2) is 18.2 Å². The third kappa shape index (κ3) is 1.57. The van der Waals surface area contributed by atoms with Gasteiger partial charge in [-0.1, -0.05) is 6.07 Å². The molecule has 0 unspecified atom stereocenters. The number of likely N-dealkylation sites (N-methyl/N-ethyl adjacent to an activating group) is 1. The number of benzene rings is 1. The maximum atomic E-state index is 5.78. The van der Waals surface area contributed by atoms with E-state index in [4.69, 9.17) is 4.74 Å². The van der Waals surface area contributed by atoms with E-state index in [2.05, 4.69) is 44.0 Å². The monoisotopic (exact) mass is 191 g/mol. The molecule has 1 aromatic rings. The summed E-state index contributed by atoms with van der Waals surface area (Å²) in [6, 6.07) is 6.30. The van der Waals surface area contributed by atoms with Crippen LogP contribution in [0.2, 0.25) is 0 Å². The Kier molecular flexibility index (Phi) is 2.36. The highest BCUT2D eigenvalue weighted by molar-refractivity contribution is 5.62. The average Bonchev–Trinajstić information content (AvgIpc) is 2.49. The van der Waals surface area contributed by atoms with Crippen molar-refractivity contribution in [2.75, 3.05) is 18.5 Å². The zero-order chi connectivity index (χ0) is 10.1. The first-order chi connectivity index (χ1) is 6.68. The van der Waals surface area contributed by atoms with Gasteiger partial charge in [-0.2, -0.15) is 0 Å². The first-order valence-electron chi connectivity index (χ1n) is 5.18. The van der Waals surface area contributed by atoms with Crippen LogP contribution in [-0.4, -0.2) is 19.7 Å². The summed E-state index contributed by atoms with van der Waals surface area (Å²) in [7, 11) is 2.13. The van der Waals surface area contributed by atoms with Crippen molar-refractivity contribution in [1.82, 2.24) is 0 Å². The predicted molar refractivity (Wildman–Crippen MR) is 59.2 cm³/mol. The van der Waals surface area contributed by atoms with Crippen molar-refractivity contribution in [3.05, 3.63) is 23.8 Å². The zero-order valence-electron chi connectivity index (χ0n) is 9.08. The Balaban J connectivity index is 2.34. The molecule has 1 aliphatic heterocycles. The first kappa shape index (κ1) is 9.38. The Morgan fingerprint density at radius 3 is 2.86 bits per heavy atom. The van der Waals surface area contributed by atoms with Gasteiger partial charge in [0.2, 0.25) is 0 Å². The SMILES string of the molecule is CC(C)Oc1cccc2c1CCN2C. The fourth-order valence-electron chi connectivity index (χ4n) is 1.93. The third-order valence-corrected chi connectivity index (χ3v) is 2.58. The summed E-state index contributed by atoms with van der Waals surface area (Å²) >= 11 is 0. The molecule has 2 nitrogen and oxygen atoms in total. The molecule has 0 N–H and O–H groups in total. The van der Waals surface area contributed by atoms with Crippen molar-refractivity contribution in [3.63, 3.8) is 0 Å². The fourth-order valence-corrected chi connectivity index (χ4v) is 1.93. The molecule has 1 aliphatic rings. The van der Waals surface area contributed by atoms with E-state index in [9.17, 15) is 0 Å². The molecule has 0 amide bonds. The Labute approximate surface area is 85.5 Å². The lowest BCUT2D eigenvalue weighted by Crippen LogP contribution is -2.12. The van der Waals surface area contributed by atoms with Crippen molar-refractivity contribution in [1.29, 1.82) is 0 Å². The van der Waals surface area contributed by atoms with Crippen molar-refractivity contribution in [3.8, 4) is 5.75 Å². The molecule has 1 aromatic carbocycles. The summed E-state index contributed by atoms with van der Waals surface area (Å²) in [6.45, 7) is 5.24. The molecule has 0 saturated heterocycles. The summed E-state index contributed by atoms with van der Waals surface area (Å²) in [6.07, 6.45) is 1.36. The van der Waals surface area contributed by atoms with Crippen molar-refractivity contribution in [2.24, 2.45) is 0 Å². The molecule has 14 heavy (non-hydrogen) atoms. The van der Waals surface area contributed by atoms with E-state index in [0.29, 0.717) is 0 Å². The summed E-state index contributed by atoms with van der Waals surface area (Å²) in [5, 5.41) is 0. The minimum atomic E-state index is 0.257. The van der Waals surface area contributed by atoms with Gasteiger partial charge in [-0.25, -0.2) is 0 Å². The lowest BCUT2D eigenvalue weighted by atomic mass is 10.1. The first-order valence-corrected chi connectivity index (χ1v) is 5.18. The van der Waals surface area contributed by atoms with Crippen LogP contribution in [0, 0.1) is 0 Å². The number of nitrogens with zero attached hydrogens (tertiary/aromatic N) is 1. The Morgan fingerprint density at radius 2 is 2.14 bits per heavy atom. The number of ether oxygens (including phenoxy) is 1. The van der Waals surface area contributed by atoms with Gasteiger partial charge in [-0.15, -0.1) is 0 Å². The summed E-state index contributed by atoms with van der Waals surface area (Å²) in [4.78, 5) is 2.28. The van der Waals surface area contributed by atoms with Gasteiger partial charge in [0.1, 0.15) is 5.75 Å². The highest BCUT2D eigenvalue weighted by atomic mass is 16.5. The molecule has 0 aromatic heterocycles. The number of anilines is 1. The molecular weight excluding hydrogens is 174 g/mol. The molecule has 0 spiro atoms. The highest BCUT2D eigenvalue weighted by Crippen LogP contribution is 2.34. The van der Waals surface area contributed by atoms with Crippen LogP contribution in [0.3, 0.4) is 0 Å². The lowest BCUT2D eigenvalue weighted by Gasteiger charge is -2.15. The van der Waals surface area contributed by atoms with Crippen LogP contribution in [0.1, 0.15) is 19.4 Å². The molecule has 0 saturated carbocycles. The van der Waals surface area contributed by atoms with Gasteiger partial charge in [-0.3, -0.25) is 0 Å². The van der Waals surface area contributed by atoms with E-state index in [-0.39, 0.29) is 6.10 Å². The van der Waals surface area contributed by atoms with Gasteiger partial charge in [0.15, 0.2) is 0 Å². The van der Waals surface area contributed by atoms with E-state index >= 15 is 0 Å². The van der Waals surface area contributed by atoms with E-state index in [1.807, 2.05) is 0 Å². The Bertz CT molecular complexity index is 333. The van der Waals surface area contributed by atoms with Gasteiger partial charge in [-0.05, 0) is 32.4 Å². The van der Waals surface area contributed by atoms with Gasteiger partial charge < -0.3 is 9.64 Å². The summed E-state index contributed by atoms with van der Waals surface area (Å²) in [5.74, 6) is 1.06. The van der Waals surface area contributed by atoms with Crippen LogP contribution in [-0.2, 0) is 6.42 Å². The highest BCUT2D eigenvalue weighted by Gasteiger charge is 2.19. The van der Waals surface area contributed by atoms with Crippen LogP contribution >= 0.6 is 0 Å². The zero-order valence-corrected chi connectivity index (χ0v) is 9.08. The summed E-state index contributed by atoms with van der Waals surface area (Å²) in [5.41, 5.74) is 2.69. The molecule has 0 radical (unpaired) electrons. The van der Waals surface area contributed by atoms with Gasteiger partial charge in [0.05, 0.1) is 6.10 Å². The second-order valence-electron chi connectivity index (χ2n) is 4.09. The molecular formula is C12H17NO. The van der Waals surface area contributed by atoms with Crippen molar-refractivity contribution < 1.29 is 4.74 Å². The van der Waals surface area contributed by atoms with Crippen LogP contribution in [0.25, 0.3) is 0 Å². The summed E-state index contributed by atoms with van der Waals surface area (Å²) < 4.78 is 5.78. The molecule has 2 rings (SSSR count). The Hall–Kier alpha value is -1.18. The molecule has 0 bridgehead atoms. The number of hydrogen-bond acceptors (Lipinski definition) is 2. The normalized spacial score (nSPS) is 14.7. The van der Waals surface area contributed by atoms with E-state index in [1.54, 1.807) is 0 Å². The lowest BCUT2D eigenvalue weighted by molar-refractivity contribution is 0.240. The topological polar surface area (TPSA) is 12.5 Å². The van der Waals surface area contributed by atoms with Crippen LogP contribution < -0.4 is 9.64 Å². The van der Waals surface area contributed by atoms with Crippen molar-refractivity contribution in [2.45, 2.75) is 26.4 Å². The molecule has 0 aliphatic carbocycles. The van der Waals surface area contributed by atoms with Gasteiger partial charge in [0.25, 0.3) is 0 Å². The largest absolute Gasteiger partial charge is 0.491 e. The standard InChI is InChI=1S/C12H17NO/c1-9(2)14-12-6-4-5-11-10(12)7-8-13(11)3/h4-6,9H,7-8H2,1-3H3. The van der Waals surface area contributed by atoms with E-state index in [0.717, 1.165) is 18.7 Å². The van der Waals surface area contributed by atoms with Crippen LogP contribution in [0.4, 0.5) is 5.69 Å². The van der Waals surface area contributed by atoms with Gasteiger partial charge >= 0.3 is 0 Å². The maximum Gasteiger partial charge on any atom is 0.125 e. The number of rotatable bonds is 2. The Morgan fingerprint density at radius 1 is 1.36 bits per heavy atom. The third-order valence-electron chi connectivity index (χ3n) is 2.58. The van der Waals surface area contributed by atoms with Crippen molar-refractivity contribution >= 4 is 5.69 Å². The molecule has 0 fully saturated rings. The quantitative estimate of drug-likeness (QED) is 0.712. The minimum absolute atomic E-state index is 0.257. The second-order valence-corrected chi connectivity index (χ2v) is 4.09. The average molecular weight is 191 g/mol. The maximum absolute atomic E-state index is 5.78. The fraction of sp³-hybridized carbons (Fsp3) is 0.500. The molecule has 76 valence electrons. The second kappa shape index (κ2) is 3.52. The molecule has 2 heteroatoms. The van der Waals surface area contributed by atoms with E-state index < -0.39 is 0 Å². The predicted octanol–water partition coefficient (Wildman–Crippen LogP) is 2.47. The smallest absolute Gasteiger partial charge is 0.125 e. The van der Waals surface area contributed by atoms with Gasteiger partial charge in [0, 0.05) is 24.8 Å². The molecule has 0 atom stereocenters. The minimum Gasteiger partial charge on any atom is -0.491 e. The van der Waals surface area contributed by atoms with Crippen LogP contribution in [0.5, 0.6) is 5.75 Å². The van der Waals surface area contributed by atoms with E-state index in [1.165, 1.54) is 11.3 Å². The number of hydrogen-bond donors (Lipinski definition) is 0.